The fourth-order valence-corrected chi connectivity index (χ4v) is 6.21. The zero-order valence-electron chi connectivity index (χ0n) is 17.1. The van der Waals surface area contributed by atoms with Crippen LogP contribution in [-0.4, -0.2) is 52.6 Å². The van der Waals surface area contributed by atoms with Crippen molar-refractivity contribution in [2.45, 2.75) is 42.8 Å². The number of allylic oxidation sites excluding steroid dienone is 1. The Labute approximate surface area is 185 Å². The third-order valence-electron chi connectivity index (χ3n) is 5.21. The maximum absolute atomic E-state index is 12.6. The van der Waals surface area contributed by atoms with Gasteiger partial charge in [-0.25, -0.2) is 8.42 Å². The van der Waals surface area contributed by atoms with Crippen molar-refractivity contribution < 1.29 is 22.7 Å². The van der Waals surface area contributed by atoms with E-state index in [1.54, 1.807) is 13.0 Å². The summed E-state index contributed by atoms with van der Waals surface area (Å²) < 4.78 is 36.2. The normalized spacial score (nSPS) is 19.8. The number of hydrogen-bond donors (Lipinski definition) is 1. The van der Waals surface area contributed by atoms with Gasteiger partial charge in [0.05, 0.1) is 16.8 Å². The van der Waals surface area contributed by atoms with Crippen molar-refractivity contribution in [3.8, 4) is 11.5 Å². The van der Waals surface area contributed by atoms with E-state index in [0.717, 1.165) is 5.56 Å². The monoisotopic (exact) mass is 464 g/mol. The van der Waals surface area contributed by atoms with E-state index >= 15 is 0 Å². The van der Waals surface area contributed by atoms with Gasteiger partial charge in [-0.15, -0.1) is 16.8 Å². The Bertz CT molecular complexity index is 1100. The molecule has 1 saturated heterocycles. The first kappa shape index (κ1) is 21.7. The third kappa shape index (κ3) is 4.87. The first-order valence-corrected chi connectivity index (χ1v) is 12.6. The second-order valence-corrected chi connectivity index (χ2v) is 11.0. The van der Waals surface area contributed by atoms with Crippen LogP contribution in [0.1, 0.15) is 30.7 Å². The summed E-state index contributed by atoms with van der Waals surface area (Å²) in [6, 6.07) is 5.56. The van der Waals surface area contributed by atoms with E-state index in [9.17, 15) is 13.2 Å². The lowest BCUT2D eigenvalue weighted by Crippen LogP contribution is -2.30. The molecule has 0 unspecified atom stereocenters. The standard InChI is InChI=1S/C20H24N4O5S2/c1-3-7-24-18(15-6-8-31(26,27)11-15)22-23-20(24)30-13(2)19(25)21-10-14-4-5-16-17(9-14)29-12-28-16/h3-5,9,13,15H,1,6-8,10-12H2,2H3,(H,21,25)/t13-,15+/m1/s1. The van der Waals surface area contributed by atoms with Crippen LogP contribution in [0.2, 0.25) is 0 Å². The number of carbonyl (C=O) groups excluding carboxylic acids is 1. The highest BCUT2D eigenvalue weighted by Gasteiger charge is 2.33. The SMILES string of the molecule is C=CCn1c(S[C@H](C)C(=O)NCc2ccc3c(c2)OCO3)nnc1[C@H]1CCS(=O)(=O)C1. The maximum atomic E-state index is 12.6. The number of sulfone groups is 1. The lowest BCUT2D eigenvalue weighted by Gasteiger charge is -2.14. The minimum atomic E-state index is -3.03. The van der Waals surface area contributed by atoms with Gasteiger partial charge in [0.25, 0.3) is 0 Å². The number of fused-ring (bicyclic) bond motifs is 1. The van der Waals surface area contributed by atoms with Gasteiger partial charge in [0.2, 0.25) is 12.7 Å². The van der Waals surface area contributed by atoms with Gasteiger partial charge in [0, 0.05) is 19.0 Å². The predicted octanol–water partition coefficient (Wildman–Crippen LogP) is 1.89. The number of benzene rings is 1. The second kappa shape index (κ2) is 8.91. The van der Waals surface area contributed by atoms with Crippen molar-refractivity contribution >= 4 is 27.5 Å². The number of rotatable bonds is 8. The molecule has 2 aliphatic rings. The third-order valence-corrected chi connectivity index (χ3v) is 8.06. The zero-order chi connectivity index (χ0) is 22.0. The number of nitrogens with zero attached hydrogens (tertiary/aromatic N) is 3. The van der Waals surface area contributed by atoms with Crippen LogP contribution in [0, 0.1) is 0 Å². The Balaban J connectivity index is 1.40. The lowest BCUT2D eigenvalue weighted by atomic mass is 10.1. The van der Waals surface area contributed by atoms with Crippen molar-refractivity contribution in [1.82, 2.24) is 20.1 Å². The molecule has 166 valence electrons. The summed E-state index contributed by atoms with van der Waals surface area (Å²) in [5.41, 5.74) is 0.911. The van der Waals surface area contributed by atoms with E-state index < -0.39 is 15.1 Å². The van der Waals surface area contributed by atoms with Crippen LogP contribution in [0.3, 0.4) is 0 Å². The topological polar surface area (TPSA) is 112 Å². The summed E-state index contributed by atoms with van der Waals surface area (Å²) in [6.45, 7) is 6.59. The average Bonchev–Trinajstić information content (AvgIpc) is 3.45. The molecule has 2 aliphatic heterocycles. The molecule has 0 saturated carbocycles. The van der Waals surface area contributed by atoms with E-state index in [-0.39, 0.29) is 30.1 Å². The molecule has 11 heteroatoms. The van der Waals surface area contributed by atoms with Crippen LogP contribution in [0.15, 0.2) is 36.0 Å². The largest absolute Gasteiger partial charge is 0.454 e. The van der Waals surface area contributed by atoms with Crippen LogP contribution in [0.4, 0.5) is 0 Å². The molecule has 1 aromatic carbocycles. The Hall–Kier alpha value is -2.53. The van der Waals surface area contributed by atoms with Crippen molar-refractivity contribution in [2.24, 2.45) is 0 Å². The molecule has 0 bridgehead atoms. The molecule has 1 amide bonds. The first-order valence-electron chi connectivity index (χ1n) is 9.93. The van der Waals surface area contributed by atoms with Crippen LogP contribution in [0.5, 0.6) is 11.5 Å². The van der Waals surface area contributed by atoms with Gasteiger partial charge in [-0.05, 0) is 31.0 Å². The van der Waals surface area contributed by atoms with Crippen molar-refractivity contribution in [1.29, 1.82) is 0 Å². The Morgan fingerprint density at radius 1 is 1.39 bits per heavy atom. The highest BCUT2D eigenvalue weighted by Crippen LogP contribution is 2.33. The highest BCUT2D eigenvalue weighted by molar-refractivity contribution is 8.00. The minimum Gasteiger partial charge on any atom is -0.454 e. The van der Waals surface area contributed by atoms with E-state index in [0.29, 0.717) is 42.0 Å². The van der Waals surface area contributed by atoms with Crippen LogP contribution in [-0.2, 0) is 27.7 Å². The summed E-state index contributed by atoms with van der Waals surface area (Å²) in [5.74, 6) is 1.94. The van der Waals surface area contributed by atoms with E-state index in [1.807, 2.05) is 22.8 Å². The minimum absolute atomic E-state index is 0.0819. The van der Waals surface area contributed by atoms with Gasteiger partial charge in [-0.2, -0.15) is 0 Å². The van der Waals surface area contributed by atoms with Gasteiger partial charge in [0.15, 0.2) is 26.5 Å². The number of carbonyl (C=O) groups is 1. The molecule has 3 heterocycles. The van der Waals surface area contributed by atoms with E-state index in [4.69, 9.17) is 9.47 Å². The molecule has 0 spiro atoms. The second-order valence-electron chi connectivity index (χ2n) is 7.51. The number of ether oxygens (including phenoxy) is 2. The molecule has 1 aromatic heterocycles. The first-order chi connectivity index (χ1) is 14.9. The van der Waals surface area contributed by atoms with Crippen LogP contribution in [0.25, 0.3) is 0 Å². The molecular formula is C20H24N4O5S2. The molecule has 1 fully saturated rings. The summed E-state index contributed by atoms with van der Waals surface area (Å²) in [4.78, 5) is 12.6. The molecule has 2 atom stereocenters. The molecule has 2 aromatic rings. The maximum Gasteiger partial charge on any atom is 0.233 e. The zero-order valence-corrected chi connectivity index (χ0v) is 18.7. The number of aromatic nitrogens is 3. The van der Waals surface area contributed by atoms with Gasteiger partial charge < -0.3 is 19.4 Å². The van der Waals surface area contributed by atoms with Gasteiger partial charge in [-0.1, -0.05) is 23.9 Å². The number of amides is 1. The Kier molecular flexibility index (Phi) is 6.24. The predicted molar refractivity (Wildman–Crippen MR) is 116 cm³/mol. The van der Waals surface area contributed by atoms with E-state index in [1.165, 1.54) is 11.8 Å². The van der Waals surface area contributed by atoms with Gasteiger partial charge in [0.1, 0.15) is 5.82 Å². The van der Waals surface area contributed by atoms with Gasteiger partial charge >= 0.3 is 0 Å². The molecular weight excluding hydrogens is 440 g/mol. The van der Waals surface area contributed by atoms with E-state index in [2.05, 4.69) is 22.1 Å². The molecule has 4 rings (SSSR count). The fourth-order valence-electron chi connectivity index (χ4n) is 3.58. The van der Waals surface area contributed by atoms with Crippen molar-refractivity contribution in [2.75, 3.05) is 18.3 Å². The molecule has 1 N–H and O–H groups in total. The smallest absolute Gasteiger partial charge is 0.233 e. The summed E-state index contributed by atoms with van der Waals surface area (Å²) in [7, 11) is -3.03. The fraction of sp³-hybridized carbons (Fsp3) is 0.450. The Morgan fingerprint density at radius 3 is 2.94 bits per heavy atom. The van der Waals surface area contributed by atoms with Crippen molar-refractivity contribution in [3.63, 3.8) is 0 Å². The molecule has 0 aliphatic carbocycles. The summed E-state index contributed by atoms with van der Waals surface area (Å²) in [5, 5.41) is 11.6. The number of nitrogens with one attached hydrogen (secondary N) is 1. The molecule has 0 radical (unpaired) electrons. The lowest BCUT2D eigenvalue weighted by molar-refractivity contribution is -0.120. The molecule has 31 heavy (non-hydrogen) atoms. The molecule has 9 nitrogen and oxygen atoms in total. The summed E-state index contributed by atoms with van der Waals surface area (Å²) >= 11 is 1.29. The number of thioether (sulfide) groups is 1. The van der Waals surface area contributed by atoms with Crippen LogP contribution >= 0.6 is 11.8 Å². The quantitative estimate of drug-likeness (QED) is 0.466. The average molecular weight is 465 g/mol. The Morgan fingerprint density at radius 2 is 2.19 bits per heavy atom. The van der Waals surface area contributed by atoms with Crippen LogP contribution < -0.4 is 14.8 Å². The number of hydrogen-bond acceptors (Lipinski definition) is 8. The summed E-state index contributed by atoms with van der Waals surface area (Å²) in [6.07, 6.45) is 2.25. The highest BCUT2D eigenvalue weighted by atomic mass is 32.2. The van der Waals surface area contributed by atoms with Gasteiger partial charge in [-0.3, -0.25) is 4.79 Å². The van der Waals surface area contributed by atoms with Crippen molar-refractivity contribution in [3.05, 3.63) is 42.2 Å².